The number of halogens is 2. The highest BCUT2D eigenvalue weighted by Crippen LogP contribution is 2.08. The molecule has 0 fully saturated rings. The Morgan fingerprint density at radius 3 is 2.09 bits per heavy atom. The maximum Gasteiger partial charge on any atom is 0.248 e. The van der Waals surface area contributed by atoms with E-state index in [4.69, 9.17) is 17.3 Å². The van der Waals surface area contributed by atoms with Crippen LogP contribution in [0.4, 0.5) is 0 Å². The van der Waals surface area contributed by atoms with Crippen molar-refractivity contribution in [2.75, 3.05) is 0 Å². The van der Waals surface area contributed by atoms with E-state index >= 15 is 0 Å². The Kier molecular flexibility index (Phi) is 4.15. The third-order valence-corrected chi connectivity index (χ3v) is 1.38. The minimum atomic E-state index is -0.434. The summed E-state index contributed by atoms with van der Waals surface area (Å²) in [5.74, 6) is -0.434. The van der Waals surface area contributed by atoms with E-state index in [1.54, 1.807) is 24.3 Å². The van der Waals surface area contributed by atoms with Gasteiger partial charge in [0.25, 0.3) is 0 Å². The van der Waals surface area contributed by atoms with Crippen molar-refractivity contribution in [1.29, 1.82) is 0 Å². The fourth-order valence-electron chi connectivity index (χ4n) is 0.614. The quantitative estimate of drug-likeness (QED) is 0.796. The van der Waals surface area contributed by atoms with E-state index in [9.17, 15) is 4.79 Å². The normalized spacial score (nSPS) is 8.45. The van der Waals surface area contributed by atoms with E-state index in [0.29, 0.717) is 10.6 Å². The van der Waals surface area contributed by atoms with Crippen molar-refractivity contribution in [1.82, 2.24) is 0 Å². The smallest absolute Gasteiger partial charge is 0.248 e. The van der Waals surface area contributed by atoms with E-state index in [0.717, 1.165) is 0 Å². The van der Waals surface area contributed by atoms with Gasteiger partial charge < -0.3 is 5.73 Å². The molecule has 0 atom stereocenters. The van der Waals surface area contributed by atoms with Gasteiger partial charge in [-0.3, -0.25) is 4.79 Å². The molecule has 60 valence electrons. The van der Waals surface area contributed by atoms with Crippen LogP contribution < -0.4 is 5.73 Å². The Labute approximate surface area is 80.1 Å². The lowest BCUT2D eigenvalue weighted by Crippen LogP contribution is -2.10. The Bertz CT molecular complexity index is 247. The van der Waals surface area contributed by atoms with Gasteiger partial charge in [0.05, 0.1) is 0 Å². The summed E-state index contributed by atoms with van der Waals surface area (Å²) in [6.07, 6.45) is 0. The zero-order chi connectivity index (χ0) is 7.56. The van der Waals surface area contributed by atoms with Crippen LogP contribution in [0.5, 0.6) is 0 Å². The lowest BCUT2D eigenvalue weighted by atomic mass is 10.2. The Balaban J connectivity index is 0.000001000. The van der Waals surface area contributed by atoms with Crippen molar-refractivity contribution < 1.29 is 4.79 Å². The lowest BCUT2D eigenvalue weighted by molar-refractivity contribution is 0.100. The monoisotopic (exact) mass is 235 g/mol. The van der Waals surface area contributed by atoms with E-state index in [1.165, 1.54) is 0 Å². The van der Waals surface area contributed by atoms with Crippen LogP contribution >= 0.6 is 28.6 Å². The van der Waals surface area contributed by atoms with Crippen molar-refractivity contribution >= 4 is 34.5 Å². The number of carbonyl (C=O) groups is 1. The number of nitrogens with two attached hydrogens (primary N) is 1. The maximum absolute atomic E-state index is 10.5. The topological polar surface area (TPSA) is 43.1 Å². The molecule has 0 saturated heterocycles. The SMILES string of the molecule is Br.NC(=O)c1ccc(Cl)cc1. The van der Waals surface area contributed by atoms with Crippen molar-refractivity contribution in [3.8, 4) is 0 Å². The average Bonchev–Trinajstić information content (AvgIpc) is 1.88. The highest BCUT2D eigenvalue weighted by atomic mass is 79.9. The Hall–Kier alpha value is -0.540. The highest BCUT2D eigenvalue weighted by Gasteiger charge is 1.96. The number of carbonyl (C=O) groups excluding carboxylic acids is 1. The third kappa shape index (κ3) is 2.91. The zero-order valence-electron chi connectivity index (χ0n) is 5.58. The number of amides is 1. The second-order valence-corrected chi connectivity index (χ2v) is 2.31. The largest absolute Gasteiger partial charge is 0.366 e. The number of hydrogen-bond donors (Lipinski definition) is 1. The zero-order valence-corrected chi connectivity index (χ0v) is 8.05. The fraction of sp³-hybridized carbons (Fsp3) is 0. The van der Waals surface area contributed by atoms with Gasteiger partial charge in [-0.1, -0.05) is 11.6 Å². The molecule has 1 aromatic carbocycles. The van der Waals surface area contributed by atoms with E-state index < -0.39 is 5.91 Å². The summed E-state index contributed by atoms with van der Waals surface area (Å²) in [7, 11) is 0. The molecule has 0 saturated carbocycles. The first-order chi connectivity index (χ1) is 4.70. The van der Waals surface area contributed by atoms with Gasteiger partial charge in [-0.15, -0.1) is 17.0 Å². The maximum atomic E-state index is 10.5. The summed E-state index contributed by atoms with van der Waals surface area (Å²) in [4.78, 5) is 10.5. The van der Waals surface area contributed by atoms with Crippen LogP contribution in [0.15, 0.2) is 24.3 Å². The van der Waals surface area contributed by atoms with Crippen LogP contribution in [0, 0.1) is 0 Å². The second-order valence-electron chi connectivity index (χ2n) is 1.87. The second kappa shape index (κ2) is 4.36. The van der Waals surface area contributed by atoms with Gasteiger partial charge in [0.1, 0.15) is 0 Å². The third-order valence-electron chi connectivity index (χ3n) is 1.13. The van der Waals surface area contributed by atoms with Crippen LogP contribution in [-0.2, 0) is 0 Å². The number of benzene rings is 1. The van der Waals surface area contributed by atoms with Crippen LogP contribution in [0.25, 0.3) is 0 Å². The van der Waals surface area contributed by atoms with Gasteiger partial charge in [-0.25, -0.2) is 0 Å². The van der Waals surface area contributed by atoms with Crippen LogP contribution in [0.2, 0.25) is 5.02 Å². The molecule has 0 aliphatic heterocycles. The molecule has 2 nitrogen and oxygen atoms in total. The minimum absolute atomic E-state index is 0. The summed E-state index contributed by atoms with van der Waals surface area (Å²) < 4.78 is 0. The van der Waals surface area contributed by atoms with Crippen molar-refractivity contribution in [3.05, 3.63) is 34.9 Å². The summed E-state index contributed by atoms with van der Waals surface area (Å²) in [5.41, 5.74) is 5.46. The number of rotatable bonds is 1. The molecule has 2 N–H and O–H groups in total. The minimum Gasteiger partial charge on any atom is -0.366 e. The molecule has 0 spiro atoms. The molecule has 1 aromatic rings. The van der Waals surface area contributed by atoms with E-state index in [1.807, 2.05) is 0 Å². The predicted molar refractivity (Wildman–Crippen MR) is 50.3 cm³/mol. The van der Waals surface area contributed by atoms with Crippen molar-refractivity contribution in [2.24, 2.45) is 5.73 Å². The summed E-state index contributed by atoms with van der Waals surface area (Å²) in [6.45, 7) is 0. The molecule has 1 rings (SSSR count). The molecule has 0 aliphatic carbocycles. The molecule has 1 amide bonds. The standard InChI is InChI=1S/C7H6ClNO.BrH/c8-6-3-1-5(2-4-6)7(9)10;/h1-4H,(H2,9,10);1H. The molecule has 11 heavy (non-hydrogen) atoms. The summed E-state index contributed by atoms with van der Waals surface area (Å²) in [5, 5.41) is 0.602. The first kappa shape index (κ1) is 10.5. The van der Waals surface area contributed by atoms with Crippen molar-refractivity contribution in [3.63, 3.8) is 0 Å². The Morgan fingerprint density at radius 1 is 1.27 bits per heavy atom. The summed E-state index contributed by atoms with van der Waals surface area (Å²) in [6, 6.07) is 6.43. The molecule has 0 radical (unpaired) electrons. The van der Waals surface area contributed by atoms with Gasteiger partial charge in [-0.2, -0.15) is 0 Å². The first-order valence-corrected chi connectivity index (χ1v) is 3.13. The molecule has 0 aliphatic rings. The molecular formula is C7H7BrClNO. The van der Waals surface area contributed by atoms with Crippen LogP contribution in [0.1, 0.15) is 10.4 Å². The van der Waals surface area contributed by atoms with Gasteiger partial charge in [0, 0.05) is 10.6 Å². The van der Waals surface area contributed by atoms with E-state index in [2.05, 4.69) is 0 Å². The van der Waals surface area contributed by atoms with E-state index in [-0.39, 0.29) is 17.0 Å². The van der Waals surface area contributed by atoms with Gasteiger partial charge in [0.15, 0.2) is 0 Å². The van der Waals surface area contributed by atoms with Gasteiger partial charge in [-0.05, 0) is 24.3 Å². The average molecular weight is 236 g/mol. The molecule has 4 heteroatoms. The molecular weight excluding hydrogens is 229 g/mol. The Morgan fingerprint density at radius 2 is 1.73 bits per heavy atom. The first-order valence-electron chi connectivity index (χ1n) is 2.75. The molecule has 0 unspecified atom stereocenters. The molecule has 0 heterocycles. The van der Waals surface area contributed by atoms with Gasteiger partial charge in [0.2, 0.25) is 5.91 Å². The number of hydrogen-bond acceptors (Lipinski definition) is 1. The fourth-order valence-corrected chi connectivity index (χ4v) is 0.740. The van der Waals surface area contributed by atoms with Crippen LogP contribution in [0.3, 0.4) is 0 Å². The van der Waals surface area contributed by atoms with Crippen molar-refractivity contribution in [2.45, 2.75) is 0 Å². The molecule has 0 bridgehead atoms. The number of primary amides is 1. The predicted octanol–water partition coefficient (Wildman–Crippen LogP) is 2.02. The highest BCUT2D eigenvalue weighted by molar-refractivity contribution is 8.93. The molecule has 0 aromatic heterocycles. The van der Waals surface area contributed by atoms with Crippen LogP contribution in [-0.4, -0.2) is 5.91 Å². The lowest BCUT2D eigenvalue weighted by Gasteiger charge is -1.92. The summed E-state index contributed by atoms with van der Waals surface area (Å²) >= 11 is 5.56. The van der Waals surface area contributed by atoms with Gasteiger partial charge >= 0.3 is 0 Å².